The van der Waals surface area contributed by atoms with E-state index in [1.165, 1.54) is 31.4 Å². The van der Waals surface area contributed by atoms with E-state index in [4.69, 9.17) is 0 Å². The summed E-state index contributed by atoms with van der Waals surface area (Å²) in [7, 11) is 0. The van der Waals surface area contributed by atoms with Crippen LogP contribution in [0.2, 0.25) is 0 Å². The Balaban J connectivity index is 1.62. The van der Waals surface area contributed by atoms with Gasteiger partial charge in [0.25, 0.3) is 5.69 Å². The maximum absolute atomic E-state index is 13.3. The van der Waals surface area contributed by atoms with Gasteiger partial charge in [0.15, 0.2) is 0 Å². The third-order valence-electron chi connectivity index (χ3n) is 6.51. The summed E-state index contributed by atoms with van der Waals surface area (Å²) in [6.07, 6.45) is 3.65. The molecular formula is C20H19FN2O2. The highest BCUT2D eigenvalue weighted by molar-refractivity contribution is 5.62. The van der Waals surface area contributed by atoms with Crippen molar-refractivity contribution >= 4 is 11.4 Å². The van der Waals surface area contributed by atoms with Crippen molar-refractivity contribution in [2.45, 2.75) is 31.2 Å². The van der Waals surface area contributed by atoms with E-state index in [0.717, 1.165) is 16.8 Å². The Morgan fingerprint density at radius 3 is 2.60 bits per heavy atom. The number of nitro benzene ring substituents is 1. The fraction of sp³-hybridized carbons (Fsp3) is 0.400. The van der Waals surface area contributed by atoms with Crippen LogP contribution in [-0.4, -0.2) is 4.92 Å². The lowest BCUT2D eigenvalue weighted by atomic mass is 9.68. The van der Waals surface area contributed by atoms with Gasteiger partial charge >= 0.3 is 0 Å². The summed E-state index contributed by atoms with van der Waals surface area (Å²) in [5.41, 5.74) is 3.37. The number of rotatable bonds is 2. The molecule has 0 aromatic heterocycles. The summed E-state index contributed by atoms with van der Waals surface area (Å²) in [5.74, 6) is 1.83. The number of nitrogens with zero attached hydrogens (tertiary/aromatic N) is 1. The lowest BCUT2D eigenvalue weighted by Crippen LogP contribution is -2.35. The van der Waals surface area contributed by atoms with Gasteiger partial charge in [0.2, 0.25) is 0 Å². The first kappa shape index (κ1) is 14.9. The molecule has 2 aromatic rings. The molecule has 2 aliphatic carbocycles. The van der Waals surface area contributed by atoms with Crippen molar-refractivity contribution in [2.24, 2.45) is 17.8 Å². The number of halogens is 1. The van der Waals surface area contributed by atoms with Crippen LogP contribution in [0.5, 0.6) is 0 Å². The molecule has 2 bridgehead atoms. The molecule has 0 saturated heterocycles. The zero-order valence-electron chi connectivity index (χ0n) is 13.7. The number of nitrogens with one attached hydrogen (secondary N) is 1. The SMILES string of the molecule is O=[N+]([O-])c1ccc2c(c1)[C@@H]1[C@H]3CC[C@@H](C3)[C@H]1[C@H](c1ccc(F)cc1)N2. The van der Waals surface area contributed by atoms with Gasteiger partial charge in [0.05, 0.1) is 11.0 Å². The molecule has 0 unspecified atom stereocenters. The highest BCUT2D eigenvalue weighted by Gasteiger charge is 2.54. The van der Waals surface area contributed by atoms with Gasteiger partial charge in [-0.1, -0.05) is 12.1 Å². The molecule has 5 rings (SSSR count). The van der Waals surface area contributed by atoms with Crippen LogP contribution in [0, 0.1) is 33.7 Å². The lowest BCUT2D eigenvalue weighted by molar-refractivity contribution is -0.384. The van der Waals surface area contributed by atoms with E-state index in [0.29, 0.717) is 23.7 Å². The first-order valence-electron chi connectivity index (χ1n) is 8.92. The van der Waals surface area contributed by atoms with E-state index >= 15 is 0 Å². The molecule has 2 fully saturated rings. The summed E-state index contributed by atoms with van der Waals surface area (Å²) in [6, 6.07) is 12.1. The largest absolute Gasteiger partial charge is 0.378 e. The standard InChI is InChI=1S/C20H19FN2O2/c21-14-5-3-11(4-6-14)20-19-13-2-1-12(9-13)18(19)16-10-15(23(24)25)7-8-17(16)22-20/h3-8,10,12-13,18-20,22H,1-2,9H2/t12-,13-,18-,19+,20-/m0/s1. The smallest absolute Gasteiger partial charge is 0.269 e. The summed E-state index contributed by atoms with van der Waals surface area (Å²) in [5, 5.41) is 14.8. The number of nitro groups is 1. The van der Waals surface area contributed by atoms with Crippen LogP contribution in [0.4, 0.5) is 15.8 Å². The van der Waals surface area contributed by atoms with Crippen molar-refractivity contribution < 1.29 is 9.31 Å². The molecule has 5 heteroatoms. The molecule has 25 heavy (non-hydrogen) atoms. The van der Waals surface area contributed by atoms with Crippen LogP contribution < -0.4 is 5.32 Å². The maximum Gasteiger partial charge on any atom is 0.269 e. The van der Waals surface area contributed by atoms with Crippen LogP contribution >= 0.6 is 0 Å². The van der Waals surface area contributed by atoms with E-state index in [2.05, 4.69) is 5.32 Å². The Kier molecular flexibility index (Phi) is 3.14. The first-order valence-corrected chi connectivity index (χ1v) is 8.92. The molecule has 4 nitrogen and oxygen atoms in total. The van der Waals surface area contributed by atoms with Crippen LogP contribution in [0.3, 0.4) is 0 Å². The normalized spacial score (nSPS) is 32.0. The monoisotopic (exact) mass is 338 g/mol. The van der Waals surface area contributed by atoms with E-state index in [-0.39, 0.29) is 22.5 Å². The molecule has 5 atom stereocenters. The molecular weight excluding hydrogens is 319 g/mol. The minimum absolute atomic E-state index is 0.148. The van der Waals surface area contributed by atoms with Crippen LogP contribution in [0.1, 0.15) is 42.3 Å². The average molecular weight is 338 g/mol. The fourth-order valence-electron chi connectivity index (χ4n) is 5.59. The number of hydrogen-bond acceptors (Lipinski definition) is 3. The molecule has 0 spiro atoms. The van der Waals surface area contributed by atoms with E-state index < -0.39 is 0 Å². The van der Waals surface area contributed by atoms with Gasteiger partial charge in [-0.05, 0) is 72.3 Å². The lowest BCUT2D eigenvalue weighted by Gasteiger charge is -2.43. The second-order valence-corrected chi connectivity index (χ2v) is 7.64. The summed E-state index contributed by atoms with van der Waals surface area (Å²) >= 11 is 0. The molecule has 2 saturated carbocycles. The minimum atomic E-state index is -0.311. The Labute approximate surface area is 145 Å². The molecule has 0 amide bonds. The Hall–Kier alpha value is -2.43. The summed E-state index contributed by atoms with van der Waals surface area (Å²) in [6.45, 7) is 0. The highest BCUT2D eigenvalue weighted by atomic mass is 19.1. The summed E-state index contributed by atoms with van der Waals surface area (Å²) in [4.78, 5) is 10.9. The van der Waals surface area contributed by atoms with Crippen molar-refractivity contribution in [3.63, 3.8) is 0 Å². The minimum Gasteiger partial charge on any atom is -0.378 e. The van der Waals surface area contributed by atoms with Crippen LogP contribution in [0.25, 0.3) is 0 Å². The van der Waals surface area contributed by atoms with Crippen LogP contribution in [-0.2, 0) is 0 Å². The van der Waals surface area contributed by atoms with Gasteiger partial charge in [-0.3, -0.25) is 10.1 Å². The topological polar surface area (TPSA) is 55.2 Å². The first-order chi connectivity index (χ1) is 12.1. The van der Waals surface area contributed by atoms with Crippen molar-refractivity contribution in [1.29, 1.82) is 0 Å². The van der Waals surface area contributed by atoms with Crippen molar-refractivity contribution in [2.75, 3.05) is 5.32 Å². The van der Waals surface area contributed by atoms with E-state index in [1.54, 1.807) is 12.1 Å². The predicted octanol–water partition coefficient (Wildman–Crippen LogP) is 5.03. The van der Waals surface area contributed by atoms with Gasteiger partial charge in [-0.2, -0.15) is 0 Å². The second kappa shape index (κ2) is 5.28. The van der Waals surface area contributed by atoms with Crippen molar-refractivity contribution in [3.05, 3.63) is 69.5 Å². The summed E-state index contributed by atoms with van der Waals surface area (Å²) < 4.78 is 13.3. The molecule has 3 aliphatic rings. The van der Waals surface area contributed by atoms with Crippen molar-refractivity contribution in [1.82, 2.24) is 0 Å². The molecule has 2 aromatic carbocycles. The number of fused-ring (bicyclic) bond motifs is 7. The Bertz CT molecular complexity index is 851. The third-order valence-corrected chi connectivity index (χ3v) is 6.51. The quantitative estimate of drug-likeness (QED) is 0.617. The molecule has 1 N–H and O–H groups in total. The highest BCUT2D eigenvalue weighted by Crippen LogP contribution is 2.63. The van der Waals surface area contributed by atoms with Gasteiger partial charge in [-0.25, -0.2) is 4.39 Å². The predicted molar refractivity (Wildman–Crippen MR) is 92.9 cm³/mol. The number of anilines is 1. The average Bonchev–Trinajstić information content (AvgIpc) is 3.23. The fourth-order valence-corrected chi connectivity index (χ4v) is 5.59. The Morgan fingerprint density at radius 2 is 1.84 bits per heavy atom. The third kappa shape index (κ3) is 2.18. The van der Waals surface area contributed by atoms with Crippen LogP contribution in [0.15, 0.2) is 42.5 Å². The number of hydrogen-bond donors (Lipinski definition) is 1. The molecule has 0 radical (unpaired) electrons. The number of non-ortho nitro benzene ring substituents is 1. The van der Waals surface area contributed by atoms with Gasteiger partial charge < -0.3 is 5.32 Å². The van der Waals surface area contributed by atoms with E-state index in [9.17, 15) is 14.5 Å². The Morgan fingerprint density at radius 1 is 1.08 bits per heavy atom. The maximum atomic E-state index is 13.3. The van der Waals surface area contributed by atoms with Gasteiger partial charge in [0.1, 0.15) is 5.82 Å². The zero-order valence-corrected chi connectivity index (χ0v) is 13.7. The molecule has 1 aliphatic heterocycles. The van der Waals surface area contributed by atoms with Gasteiger partial charge in [-0.15, -0.1) is 0 Å². The number of benzene rings is 2. The van der Waals surface area contributed by atoms with Crippen molar-refractivity contribution in [3.8, 4) is 0 Å². The second-order valence-electron chi connectivity index (χ2n) is 7.64. The van der Waals surface area contributed by atoms with E-state index in [1.807, 2.05) is 18.2 Å². The van der Waals surface area contributed by atoms with Gasteiger partial charge in [0, 0.05) is 17.8 Å². The molecule has 1 heterocycles. The zero-order chi connectivity index (χ0) is 17.1. The molecule has 128 valence electrons.